The first-order chi connectivity index (χ1) is 8.60. The number of ether oxygens (including phenoxy) is 2. The van der Waals surface area contributed by atoms with E-state index in [-0.39, 0.29) is 18.1 Å². The molecule has 0 N–H and O–H groups in total. The smallest absolute Gasteiger partial charge is 0.316 e. The van der Waals surface area contributed by atoms with Crippen LogP contribution in [0.1, 0.15) is 18.4 Å². The number of benzene rings is 1. The average Bonchev–Trinajstić information content (AvgIpc) is 2.33. The molecule has 1 aromatic carbocycles. The lowest BCUT2D eigenvalue weighted by molar-refractivity contribution is -0.167. The van der Waals surface area contributed by atoms with Crippen LogP contribution >= 0.6 is 0 Å². The summed E-state index contributed by atoms with van der Waals surface area (Å²) in [4.78, 5) is 22.3. The van der Waals surface area contributed by atoms with Gasteiger partial charge in [0.05, 0.1) is 13.0 Å². The molecule has 0 aliphatic carbocycles. The van der Waals surface area contributed by atoms with Crippen molar-refractivity contribution in [2.45, 2.75) is 19.3 Å². The minimum Gasteiger partial charge on any atom is -0.494 e. The molecule has 5 heteroatoms. The molecule has 1 aliphatic rings. The number of carbonyl (C=O) groups is 2. The Balaban J connectivity index is 2.07. The van der Waals surface area contributed by atoms with Crippen LogP contribution < -0.4 is 4.74 Å². The fraction of sp³-hybridized carbons (Fsp3) is 0.385. The van der Waals surface area contributed by atoms with Crippen LogP contribution in [-0.4, -0.2) is 19.0 Å². The van der Waals surface area contributed by atoms with E-state index in [2.05, 4.69) is 4.74 Å². The summed E-state index contributed by atoms with van der Waals surface area (Å²) in [6.07, 6.45) is 1.05. The predicted molar refractivity (Wildman–Crippen MR) is 60.5 cm³/mol. The minimum atomic E-state index is -0.525. The summed E-state index contributed by atoms with van der Waals surface area (Å²) in [6.45, 7) is 0. The van der Waals surface area contributed by atoms with Crippen molar-refractivity contribution < 1.29 is 23.5 Å². The van der Waals surface area contributed by atoms with Gasteiger partial charge in [0.25, 0.3) is 0 Å². The van der Waals surface area contributed by atoms with E-state index in [4.69, 9.17) is 4.74 Å². The summed E-state index contributed by atoms with van der Waals surface area (Å²) in [5.74, 6) is -1.69. The van der Waals surface area contributed by atoms with E-state index in [9.17, 15) is 14.0 Å². The Bertz CT molecular complexity index is 484. The molecule has 1 saturated heterocycles. The Hall–Kier alpha value is -1.91. The van der Waals surface area contributed by atoms with Gasteiger partial charge in [0.2, 0.25) is 0 Å². The topological polar surface area (TPSA) is 52.6 Å². The Labute approximate surface area is 104 Å². The van der Waals surface area contributed by atoms with Crippen LogP contribution in [0.25, 0.3) is 0 Å². The van der Waals surface area contributed by atoms with E-state index in [1.54, 1.807) is 6.07 Å². The molecule has 0 aromatic heterocycles. The number of esters is 2. The summed E-state index contributed by atoms with van der Waals surface area (Å²) < 4.78 is 22.8. The number of carbonyl (C=O) groups excluding carboxylic acids is 2. The van der Waals surface area contributed by atoms with E-state index in [0.717, 1.165) is 0 Å². The highest BCUT2D eigenvalue weighted by Gasteiger charge is 2.29. The van der Waals surface area contributed by atoms with Crippen molar-refractivity contribution in [1.82, 2.24) is 0 Å². The lowest BCUT2D eigenvalue weighted by atomic mass is 9.93. The van der Waals surface area contributed by atoms with E-state index in [0.29, 0.717) is 18.4 Å². The zero-order valence-corrected chi connectivity index (χ0v) is 9.94. The van der Waals surface area contributed by atoms with Crippen molar-refractivity contribution in [2.24, 2.45) is 5.92 Å². The van der Waals surface area contributed by atoms with Crippen molar-refractivity contribution in [2.75, 3.05) is 7.11 Å². The summed E-state index contributed by atoms with van der Waals surface area (Å²) in [5.41, 5.74) is 0.685. The van der Waals surface area contributed by atoms with Crippen molar-refractivity contribution in [3.8, 4) is 5.75 Å². The van der Waals surface area contributed by atoms with Crippen molar-refractivity contribution in [1.29, 1.82) is 0 Å². The van der Waals surface area contributed by atoms with Crippen LogP contribution in [0.3, 0.4) is 0 Å². The third-order valence-corrected chi connectivity index (χ3v) is 2.94. The third-order valence-electron chi connectivity index (χ3n) is 2.94. The normalized spacial score (nSPS) is 19.6. The molecule has 1 fully saturated rings. The zero-order chi connectivity index (χ0) is 13.1. The molecule has 4 nitrogen and oxygen atoms in total. The maximum Gasteiger partial charge on any atom is 0.316 e. The quantitative estimate of drug-likeness (QED) is 0.608. The van der Waals surface area contributed by atoms with Gasteiger partial charge in [-0.2, -0.15) is 0 Å². The zero-order valence-electron chi connectivity index (χ0n) is 9.94. The maximum absolute atomic E-state index is 13.5. The molecule has 96 valence electrons. The molecule has 1 aromatic rings. The molecule has 1 unspecified atom stereocenters. The lowest BCUT2D eigenvalue weighted by Gasteiger charge is -2.19. The first kappa shape index (κ1) is 12.5. The van der Waals surface area contributed by atoms with Crippen molar-refractivity contribution in [3.63, 3.8) is 0 Å². The summed E-state index contributed by atoms with van der Waals surface area (Å²) in [6, 6.07) is 4.55. The van der Waals surface area contributed by atoms with Gasteiger partial charge in [0, 0.05) is 6.42 Å². The number of hydrogen-bond donors (Lipinski definition) is 0. The Morgan fingerprint density at radius 1 is 1.44 bits per heavy atom. The second-order valence-corrected chi connectivity index (χ2v) is 4.20. The van der Waals surface area contributed by atoms with Gasteiger partial charge in [0.1, 0.15) is 0 Å². The highest BCUT2D eigenvalue weighted by molar-refractivity contribution is 5.89. The molecular formula is C13H13FO4. The number of methoxy groups -OCH3 is 1. The van der Waals surface area contributed by atoms with Crippen LogP contribution in [0.4, 0.5) is 4.39 Å². The predicted octanol–water partition coefficient (Wildman–Crippen LogP) is 1.86. The fourth-order valence-electron chi connectivity index (χ4n) is 1.96. The first-order valence-corrected chi connectivity index (χ1v) is 5.67. The van der Waals surface area contributed by atoms with E-state index in [1.165, 1.54) is 19.2 Å². The standard InChI is InChI=1S/C13H13FO4/c1-17-11-4-2-8(7-10(11)14)6-9-3-5-12(15)18-13(9)16/h2,4,7,9H,3,5-6H2,1H3. The Morgan fingerprint density at radius 2 is 2.22 bits per heavy atom. The Kier molecular flexibility index (Phi) is 3.60. The summed E-state index contributed by atoms with van der Waals surface area (Å²) in [7, 11) is 1.39. The second-order valence-electron chi connectivity index (χ2n) is 4.20. The van der Waals surface area contributed by atoms with E-state index >= 15 is 0 Å². The van der Waals surface area contributed by atoms with Gasteiger partial charge in [-0.1, -0.05) is 6.07 Å². The van der Waals surface area contributed by atoms with Crippen LogP contribution in [0, 0.1) is 11.7 Å². The van der Waals surface area contributed by atoms with Gasteiger partial charge in [0.15, 0.2) is 11.6 Å². The maximum atomic E-state index is 13.5. The van der Waals surface area contributed by atoms with Crippen LogP contribution in [0.15, 0.2) is 18.2 Å². The van der Waals surface area contributed by atoms with E-state index in [1.807, 2.05) is 0 Å². The van der Waals surface area contributed by atoms with Gasteiger partial charge in [-0.15, -0.1) is 0 Å². The number of rotatable bonds is 3. The van der Waals surface area contributed by atoms with Crippen molar-refractivity contribution in [3.05, 3.63) is 29.6 Å². The molecule has 1 heterocycles. The molecule has 0 amide bonds. The van der Waals surface area contributed by atoms with Gasteiger partial charge in [-0.05, 0) is 30.5 Å². The van der Waals surface area contributed by atoms with Crippen LogP contribution in [0.5, 0.6) is 5.75 Å². The number of cyclic esters (lactones) is 2. The minimum absolute atomic E-state index is 0.167. The second kappa shape index (κ2) is 5.16. The molecule has 0 saturated carbocycles. The van der Waals surface area contributed by atoms with Crippen LogP contribution in [-0.2, 0) is 20.7 Å². The summed E-state index contributed by atoms with van der Waals surface area (Å²) >= 11 is 0. The average molecular weight is 252 g/mol. The van der Waals surface area contributed by atoms with Crippen LogP contribution in [0.2, 0.25) is 0 Å². The summed E-state index contributed by atoms with van der Waals surface area (Å²) in [5, 5.41) is 0. The highest BCUT2D eigenvalue weighted by Crippen LogP contribution is 2.24. The molecule has 1 atom stereocenters. The molecule has 0 radical (unpaired) electrons. The molecule has 0 bridgehead atoms. The molecule has 2 rings (SSSR count). The van der Waals surface area contributed by atoms with Gasteiger partial charge < -0.3 is 9.47 Å². The van der Waals surface area contributed by atoms with Gasteiger partial charge in [-0.3, -0.25) is 9.59 Å². The molecule has 0 spiro atoms. The first-order valence-electron chi connectivity index (χ1n) is 5.67. The van der Waals surface area contributed by atoms with E-state index < -0.39 is 17.8 Å². The molecule has 1 aliphatic heterocycles. The third kappa shape index (κ3) is 2.67. The Morgan fingerprint density at radius 3 is 2.83 bits per heavy atom. The highest BCUT2D eigenvalue weighted by atomic mass is 19.1. The fourth-order valence-corrected chi connectivity index (χ4v) is 1.96. The number of hydrogen-bond acceptors (Lipinski definition) is 4. The molecular weight excluding hydrogens is 239 g/mol. The van der Waals surface area contributed by atoms with Gasteiger partial charge >= 0.3 is 11.9 Å². The molecule has 18 heavy (non-hydrogen) atoms. The SMILES string of the molecule is COc1ccc(CC2CCC(=O)OC2=O)cc1F. The number of halogens is 1. The van der Waals surface area contributed by atoms with Gasteiger partial charge in [-0.25, -0.2) is 4.39 Å². The van der Waals surface area contributed by atoms with Crippen molar-refractivity contribution >= 4 is 11.9 Å². The monoisotopic (exact) mass is 252 g/mol. The lowest BCUT2D eigenvalue weighted by Crippen LogP contribution is -2.29. The largest absolute Gasteiger partial charge is 0.494 e.